The normalized spacial score (nSPS) is 11.4. The van der Waals surface area contributed by atoms with Crippen LogP contribution in [0, 0.1) is 6.92 Å². The summed E-state index contributed by atoms with van der Waals surface area (Å²) in [6, 6.07) is 10.1. The number of fused-ring (bicyclic) bond motifs is 1. The predicted molar refractivity (Wildman–Crippen MR) is 105 cm³/mol. The minimum atomic E-state index is -3.30. The molecule has 7 nitrogen and oxygen atoms in total. The molecule has 0 saturated heterocycles. The Morgan fingerprint density at radius 3 is 2.67 bits per heavy atom. The van der Waals surface area contributed by atoms with Gasteiger partial charge in [-0.3, -0.25) is 10.1 Å². The molecule has 27 heavy (non-hydrogen) atoms. The number of nitrogens with one attached hydrogen (secondary N) is 1. The van der Waals surface area contributed by atoms with Crippen LogP contribution in [0.4, 0.5) is 5.13 Å². The van der Waals surface area contributed by atoms with Crippen LogP contribution in [-0.4, -0.2) is 39.3 Å². The van der Waals surface area contributed by atoms with Crippen molar-refractivity contribution in [1.82, 2.24) is 4.98 Å². The van der Waals surface area contributed by atoms with E-state index in [1.165, 1.54) is 24.5 Å². The van der Waals surface area contributed by atoms with Gasteiger partial charge in [-0.15, -0.1) is 0 Å². The summed E-state index contributed by atoms with van der Waals surface area (Å²) in [7, 11) is -1.76. The third-order valence-corrected chi connectivity index (χ3v) is 5.76. The van der Waals surface area contributed by atoms with Crippen molar-refractivity contribution in [2.24, 2.45) is 0 Å². The van der Waals surface area contributed by atoms with Gasteiger partial charge in [-0.05, 0) is 42.8 Å². The summed E-state index contributed by atoms with van der Waals surface area (Å²) < 4.78 is 34.7. The molecule has 0 unspecified atom stereocenters. The number of carbonyl (C=O) groups is 1. The molecule has 2 aromatic carbocycles. The lowest BCUT2D eigenvalue weighted by Crippen LogP contribution is -2.20. The summed E-state index contributed by atoms with van der Waals surface area (Å²) in [6.45, 7) is 1.73. The number of rotatable bonds is 6. The summed E-state index contributed by atoms with van der Waals surface area (Å²) in [5.74, 6) is 0.649. The van der Waals surface area contributed by atoms with E-state index in [1.807, 2.05) is 19.1 Å². The van der Waals surface area contributed by atoms with Crippen molar-refractivity contribution in [3.63, 3.8) is 0 Å². The summed E-state index contributed by atoms with van der Waals surface area (Å²) in [6.07, 6.45) is 1.15. The molecule has 0 radical (unpaired) electrons. The van der Waals surface area contributed by atoms with Gasteiger partial charge in [0.25, 0.3) is 5.91 Å². The van der Waals surface area contributed by atoms with Crippen molar-refractivity contribution in [2.45, 2.75) is 11.8 Å². The minimum absolute atomic E-state index is 0.204. The first-order valence-electron chi connectivity index (χ1n) is 7.94. The van der Waals surface area contributed by atoms with Gasteiger partial charge in [0.05, 0.1) is 22.2 Å². The van der Waals surface area contributed by atoms with Crippen LogP contribution in [0.1, 0.15) is 5.56 Å². The monoisotopic (exact) mass is 406 g/mol. The lowest BCUT2D eigenvalue weighted by Gasteiger charge is -2.10. The number of amides is 1. The second-order valence-corrected chi connectivity index (χ2v) is 8.96. The van der Waals surface area contributed by atoms with Gasteiger partial charge in [0.1, 0.15) is 0 Å². The van der Waals surface area contributed by atoms with E-state index < -0.39 is 9.84 Å². The maximum atomic E-state index is 12.1. The summed E-state index contributed by atoms with van der Waals surface area (Å²) in [5, 5.41) is 3.04. The zero-order chi connectivity index (χ0) is 19.6. The number of hydrogen-bond donors (Lipinski definition) is 1. The number of thiazole rings is 1. The van der Waals surface area contributed by atoms with Gasteiger partial charge in [-0.1, -0.05) is 17.4 Å². The molecule has 142 valence electrons. The molecule has 0 saturated carbocycles. The number of nitrogens with zero attached hydrogens (tertiary/aromatic N) is 1. The van der Waals surface area contributed by atoms with Crippen molar-refractivity contribution >= 4 is 42.4 Å². The molecule has 1 aromatic heterocycles. The molecule has 0 fully saturated rings. The number of hydrogen-bond acceptors (Lipinski definition) is 7. The van der Waals surface area contributed by atoms with E-state index in [0.29, 0.717) is 26.8 Å². The molecule has 0 aliphatic rings. The highest BCUT2D eigenvalue weighted by Crippen LogP contribution is 2.29. The van der Waals surface area contributed by atoms with Gasteiger partial charge in [-0.25, -0.2) is 13.4 Å². The van der Waals surface area contributed by atoms with Gasteiger partial charge in [0.15, 0.2) is 33.1 Å². The van der Waals surface area contributed by atoms with Crippen LogP contribution < -0.4 is 14.8 Å². The van der Waals surface area contributed by atoms with Crippen molar-refractivity contribution in [3.8, 4) is 11.5 Å². The third kappa shape index (κ3) is 4.55. The first-order chi connectivity index (χ1) is 12.8. The topological polar surface area (TPSA) is 94.6 Å². The van der Waals surface area contributed by atoms with Gasteiger partial charge < -0.3 is 9.47 Å². The standard InChI is InChI=1S/C18H18N2O5S2/c1-11-4-7-14(15(8-11)24-2)25-10-17(21)20-18-19-13-6-5-12(27(3,22)23)9-16(13)26-18/h4-9H,10H2,1-3H3,(H,19,20,21). The molecule has 1 heterocycles. The fraction of sp³-hybridized carbons (Fsp3) is 0.222. The average molecular weight is 406 g/mol. The van der Waals surface area contributed by atoms with E-state index in [4.69, 9.17) is 9.47 Å². The molecule has 3 aromatic rings. The lowest BCUT2D eigenvalue weighted by atomic mass is 10.2. The Hall–Kier alpha value is -2.65. The molecule has 1 N–H and O–H groups in total. The van der Waals surface area contributed by atoms with Crippen LogP contribution in [0.5, 0.6) is 11.5 Å². The first kappa shape index (κ1) is 19.1. The molecule has 0 aliphatic carbocycles. The van der Waals surface area contributed by atoms with Crippen LogP contribution in [0.25, 0.3) is 10.2 Å². The number of carbonyl (C=O) groups excluding carboxylic acids is 1. The van der Waals surface area contributed by atoms with Crippen LogP contribution in [-0.2, 0) is 14.6 Å². The smallest absolute Gasteiger partial charge is 0.264 e. The zero-order valence-corrected chi connectivity index (χ0v) is 16.6. The fourth-order valence-electron chi connectivity index (χ4n) is 2.38. The number of benzene rings is 2. The molecular weight excluding hydrogens is 388 g/mol. The SMILES string of the molecule is COc1cc(C)ccc1OCC(=O)Nc1nc2ccc(S(C)(=O)=O)cc2s1. The van der Waals surface area contributed by atoms with Crippen LogP contribution in [0.2, 0.25) is 0 Å². The number of methoxy groups -OCH3 is 1. The largest absolute Gasteiger partial charge is 0.493 e. The number of aromatic nitrogens is 1. The van der Waals surface area contributed by atoms with Crippen molar-refractivity contribution in [3.05, 3.63) is 42.0 Å². The molecule has 0 bridgehead atoms. The van der Waals surface area contributed by atoms with Crippen LogP contribution in [0.15, 0.2) is 41.3 Å². The van der Waals surface area contributed by atoms with Gasteiger partial charge in [0.2, 0.25) is 0 Å². The van der Waals surface area contributed by atoms with Gasteiger partial charge in [0, 0.05) is 6.26 Å². The van der Waals surface area contributed by atoms with Crippen LogP contribution >= 0.6 is 11.3 Å². The second kappa shape index (κ2) is 7.53. The number of aryl methyl sites for hydroxylation is 1. The highest BCUT2D eigenvalue weighted by atomic mass is 32.2. The third-order valence-electron chi connectivity index (χ3n) is 3.71. The Morgan fingerprint density at radius 2 is 1.96 bits per heavy atom. The Labute approximate surface area is 160 Å². The predicted octanol–water partition coefficient (Wildman–Crippen LogP) is 3.03. The van der Waals surface area contributed by atoms with E-state index in [-0.39, 0.29) is 17.4 Å². The molecule has 0 spiro atoms. The molecule has 1 amide bonds. The minimum Gasteiger partial charge on any atom is -0.493 e. The fourth-order valence-corrected chi connectivity index (χ4v) is 4.02. The van der Waals surface area contributed by atoms with E-state index in [9.17, 15) is 13.2 Å². The van der Waals surface area contributed by atoms with E-state index in [0.717, 1.165) is 11.8 Å². The summed E-state index contributed by atoms with van der Waals surface area (Å²) in [5.41, 5.74) is 1.63. The number of sulfone groups is 1. The molecule has 3 rings (SSSR count). The Morgan fingerprint density at radius 1 is 1.19 bits per heavy atom. The quantitative estimate of drug-likeness (QED) is 0.676. The van der Waals surface area contributed by atoms with E-state index >= 15 is 0 Å². The van der Waals surface area contributed by atoms with Gasteiger partial charge >= 0.3 is 0 Å². The van der Waals surface area contributed by atoms with Crippen molar-refractivity contribution < 1.29 is 22.7 Å². The maximum Gasteiger partial charge on any atom is 0.264 e. The van der Waals surface area contributed by atoms with Crippen molar-refractivity contribution in [2.75, 3.05) is 25.3 Å². The highest BCUT2D eigenvalue weighted by Gasteiger charge is 2.13. The summed E-state index contributed by atoms with van der Waals surface area (Å²) >= 11 is 1.20. The molecule has 9 heteroatoms. The average Bonchev–Trinajstić information content (AvgIpc) is 3.01. The second-order valence-electron chi connectivity index (χ2n) is 5.91. The lowest BCUT2D eigenvalue weighted by molar-refractivity contribution is -0.118. The van der Waals surface area contributed by atoms with E-state index in [1.54, 1.807) is 18.2 Å². The molecule has 0 atom stereocenters. The summed E-state index contributed by atoms with van der Waals surface area (Å²) in [4.78, 5) is 16.7. The highest BCUT2D eigenvalue weighted by molar-refractivity contribution is 7.90. The zero-order valence-electron chi connectivity index (χ0n) is 15.0. The van der Waals surface area contributed by atoms with Crippen LogP contribution in [0.3, 0.4) is 0 Å². The first-order valence-corrected chi connectivity index (χ1v) is 10.6. The Kier molecular flexibility index (Phi) is 5.33. The molecule has 0 aliphatic heterocycles. The van der Waals surface area contributed by atoms with E-state index in [2.05, 4.69) is 10.3 Å². The Bertz CT molecular complexity index is 1110. The number of anilines is 1. The van der Waals surface area contributed by atoms with Crippen molar-refractivity contribution in [1.29, 1.82) is 0 Å². The van der Waals surface area contributed by atoms with Gasteiger partial charge in [-0.2, -0.15) is 0 Å². The molecular formula is C18H18N2O5S2. The maximum absolute atomic E-state index is 12.1. The number of ether oxygens (including phenoxy) is 2. The Balaban J connectivity index is 1.69.